The quantitative estimate of drug-likeness (QED) is 0.285. The number of hydrogen-bond donors (Lipinski definition) is 2. The lowest BCUT2D eigenvalue weighted by Gasteiger charge is -2.59. The lowest BCUT2D eigenvalue weighted by molar-refractivity contribution is -0.176. The number of halogens is 1. The fraction of sp³-hybridized carbons (Fsp3) is 0.941. The maximum atomic E-state index is 12.2. The molecule has 0 spiro atoms. The van der Waals surface area contributed by atoms with E-state index in [4.69, 9.17) is 4.74 Å². The summed E-state index contributed by atoms with van der Waals surface area (Å²) < 4.78 is 31.6. The zero-order valence-electron chi connectivity index (χ0n) is 17.3. The molecular weight excluding hydrogens is 467 g/mol. The fourth-order valence-electron chi connectivity index (χ4n) is 3.23. The Kier molecular flexibility index (Phi) is 10.4. The van der Waals surface area contributed by atoms with E-state index >= 15 is 0 Å². The van der Waals surface area contributed by atoms with Crippen LogP contribution in [0.2, 0.25) is 0 Å². The molecule has 0 aromatic heterocycles. The number of nitrogens with one attached hydrogen (secondary N) is 2. The van der Waals surface area contributed by atoms with Crippen molar-refractivity contribution in [3.63, 3.8) is 0 Å². The summed E-state index contributed by atoms with van der Waals surface area (Å²) in [6.07, 6.45) is 0.888. The number of nitrogens with zero attached hydrogens (tertiary/aromatic N) is 2. The molecule has 1 rings (SSSR count). The van der Waals surface area contributed by atoms with Crippen molar-refractivity contribution >= 4 is 40.0 Å². The van der Waals surface area contributed by atoms with E-state index in [2.05, 4.69) is 36.4 Å². The maximum absolute atomic E-state index is 12.2. The molecule has 1 aliphatic carbocycles. The molecule has 0 heterocycles. The predicted octanol–water partition coefficient (Wildman–Crippen LogP) is 2.03. The molecule has 9 heteroatoms. The van der Waals surface area contributed by atoms with Crippen molar-refractivity contribution in [2.45, 2.75) is 59.6 Å². The van der Waals surface area contributed by atoms with Crippen LogP contribution in [0.5, 0.6) is 0 Å². The Labute approximate surface area is 176 Å². The number of aliphatic imine (C=N–C) groups is 1. The van der Waals surface area contributed by atoms with Crippen molar-refractivity contribution in [2.75, 3.05) is 39.0 Å². The standard InChI is InChI=1S/C17H36N4O3S.HI/c1-8-18-15(19-11-12-25(22,23)21(9-2)10-3)20-14-13-17(6,24-7)16(14,4)5;/h14H,8-13H2,1-7H3,(H2,18,19,20);1H. The Morgan fingerprint density at radius 3 is 2.23 bits per heavy atom. The number of rotatable bonds is 9. The lowest BCUT2D eigenvalue weighted by atomic mass is 9.56. The predicted molar refractivity (Wildman–Crippen MR) is 119 cm³/mol. The van der Waals surface area contributed by atoms with Gasteiger partial charge >= 0.3 is 0 Å². The lowest BCUT2D eigenvalue weighted by Crippen LogP contribution is -2.69. The molecular formula is C17H37IN4O3S. The molecule has 1 aliphatic rings. The highest BCUT2D eigenvalue weighted by Gasteiger charge is 2.58. The summed E-state index contributed by atoms with van der Waals surface area (Å²) in [5.41, 5.74) is -0.195. The van der Waals surface area contributed by atoms with Gasteiger partial charge < -0.3 is 15.4 Å². The van der Waals surface area contributed by atoms with Crippen molar-refractivity contribution in [3.05, 3.63) is 0 Å². The number of guanidine groups is 1. The molecule has 0 saturated heterocycles. The van der Waals surface area contributed by atoms with Crippen LogP contribution in [0.15, 0.2) is 4.99 Å². The monoisotopic (exact) mass is 504 g/mol. The van der Waals surface area contributed by atoms with Gasteiger partial charge in [-0.1, -0.05) is 27.7 Å². The van der Waals surface area contributed by atoms with E-state index in [1.54, 1.807) is 7.11 Å². The first-order valence-electron chi connectivity index (χ1n) is 9.15. The fourth-order valence-corrected chi connectivity index (χ4v) is 4.59. The van der Waals surface area contributed by atoms with Gasteiger partial charge in [0, 0.05) is 38.2 Å². The van der Waals surface area contributed by atoms with Crippen LogP contribution in [0.4, 0.5) is 0 Å². The van der Waals surface area contributed by atoms with E-state index in [9.17, 15) is 8.42 Å². The summed E-state index contributed by atoms with van der Waals surface area (Å²) >= 11 is 0. The summed E-state index contributed by atoms with van der Waals surface area (Å²) in [5, 5.41) is 6.63. The Balaban J connectivity index is 0.00000625. The highest BCUT2D eigenvalue weighted by molar-refractivity contribution is 14.0. The van der Waals surface area contributed by atoms with Gasteiger partial charge in [0.1, 0.15) is 0 Å². The minimum atomic E-state index is -3.25. The van der Waals surface area contributed by atoms with E-state index in [0.29, 0.717) is 19.0 Å². The summed E-state index contributed by atoms with van der Waals surface area (Å²) in [5.74, 6) is 0.684. The second-order valence-electron chi connectivity index (χ2n) is 7.22. The summed E-state index contributed by atoms with van der Waals surface area (Å²) in [7, 11) is -1.50. The Hall–Kier alpha value is -0.130. The second-order valence-corrected chi connectivity index (χ2v) is 9.31. The number of hydrogen-bond acceptors (Lipinski definition) is 4. The van der Waals surface area contributed by atoms with E-state index in [1.807, 2.05) is 20.8 Å². The van der Waals surface area contributed by atoms with Crippen molar-refractivity contribution in [1.82, 2.24) is 14.9 Å². The van der Waals surface area contributed by atoms with E-state index in [-0.39, 0.29) is 53.3 Å². The van der Waals surface area contributed by atoms with Gasteiger partial charge in [-0.05, 0) is 20.3 Å². The average Bonchev–Trinajstić information content (AvgIpc) is 2.54. The largest absolute Gasteiger partial charge is 0.378 e. The first-order valence-corrected chi connectivity index (χ1v) is 10.8. The van der Waals surface area contributed by atoms with Crippen LogP contribution in [-0.4, -0.2) is 69.4 Å². The molecule has 26 heavy (non-hydrogen) atoms. The topological polar surface area (TPSA) is 83.0 Å². The second kappa shape index (κ2) is 10.4. The van der Waals surface area contributed by atoms with Crippen molar-refractivity contribution < 1.29 is 13.2 Å². The van der Waals surface area contributed by atoms with E-state index < -0.39 is 10.0 Å². The van der Waals surface area contributed by atoms with Crippen molar-refractivity contribution in [1.29, 1.82) is 0 Å². The van der Waals surface area contributed by atoms with Crippen LogP contribution < -0.4 is 10.6 Å². The first kappa shape index (κ1) is 25.9. The van der Waals surface area contributed by atoms with Crippen LogP contribution >= 0.6 is 24.0 Å². The third-order valence-electron chi connectivity index (χ3n) is 5.65. The molecule has 0 aliphatic heterocycles. The van der Waals surface area contributed by atoms with E-state index in [1.165, 1.54) is 4.31 Å². The van der Waals surface area contributed by atoms with Gasteiger partial charge in [0.15, 0.2) is 5.96 Å². The van der Waals surface area contributed by atoms with Crippen molar-refractivity contribution in [2.24, 2.45) is 10.4 Å². The van der Waals surface area contributed by atoms with Crippen LogP contribution in [0, 0.1) is 5.41 Å². The molecule has 2 atom stereocenters. The summed E-state index contributed by atoms with van der Waals surface area (Å²) in [6, 6.07) is 0.231. The maximum Gasteiger partial charge on any atom is 0.215 e. The minimum absolute atomic E-state index is 0. The number of sulfonamides is 1. The zero-order valence-corrected chi connectivity index (χ0v) is 20.4. The summed E-state index contributed by atoms with van der Waals surface area (Å²) in [4.78, 5) is 4.46. The Bertz CT molecular complexity index is 564. The van der Waals surface area contributed by atoms with Gasteiger partial charge in [-0.2, -0.15) is 0 Å². The number of methoxy groups -OCH3 is 1. The van der Waals surface area contributed by atoms with E-state index in [0.717, 1.165) is 13.0 Å². The molecule has 7 nitrogen and oxygen atoms in total. The molecule has 0 aromatic carbocycles. The highest BCUT2D eigenvalue weighted by atomic mass is 127. The van der Waals surface area contributed by atoms with Gasteiger partial charge in [0.05, 0.1) is 17.9 Å². The van der Waals surface area contributed by atoms with Crippen LogP contribution in [0.25, 0.3) is 0 Å². The molecule has 0 bridgehead atoms. The van der Waals surface area contributed by atoms with Crippen LogP contribution in [0.1, 0.15) is 48.0 Å². The van der Waals surface area contributed by atoms with Gasteiger partial charge in [-0.25, -0.2) is 12.7 Å². The van der Waals surface area contributed by atoms with Crippen LogP contribution in [0.3, 0.4) is 0 Å². The smallest absolute Gasteiger partial charge is 0.215 e. The minimum Gasteiger partial charge on any atom is -0.378 e. The average molecular weight is 504 g/mol. The molecule has 1 saturated carbocycles. The Morgan fingerprint density at radius 2 is 1.81 bits per heavy atom. The highest BCUT2D eigenvalue weighted by Crippen LogP contribution is 2.51. The Morgan fingerprint density at radius 1 is 1.23 bits per heavy atom. The van der Waals surface area contributed by atoms with Gasteiger partial charge in [-0.15, -0.1) is 24.0 Å². The summed E-state index contributed by atoms with van der Waals surface area (Å²) in [6.45, 7) is 14.1. The van der Waals surface area contributed by atoms with Gasteiger partial charge in [0.2, 0.25) is 10.0 Å². The van der Waals surface area contributed by atoms with Gasteiger partial charge in [0.25, 0.3) is 0 Å². The third-order valence-corrected chi connectivity index (χ3v) is 7.65. The molecule has 1 fully saturated rings. The first-order chi connectivity index (χ1) is 11.6. The molecule has 0 amide bonds. The normalized spacial score (nSPS) is 25.4. The zero-order chi connectivity index (χ0) is 19.3. The third kappa shape index (κ3) is 5.68. The molecule has 156 valence electrons. The number of ether oxygens (including phenoxy) is 1. The molecule has 2 N–H and O–H groups in total. The SMILES string of the molecule is CCNC(=NCCS(=O)(=O)N(CC)CC)NC1CC(C)(OC)C1(C)C.I. The molecule has 2 unspecified atom stereocenters. The van der Waals surface area contributed by atoms with Crippen LogP contribution in [-0.2, 0) is 14.8 Å². The van der Waals surface area contributed by atoms with Gasteiger partial charge in [-0.3, -0.25) is 4.99 Å². The molecule has 0 radical (unpaired) electrons. The molecule has 0 aromatic rings. The van der Waals surface area contributed by atoms with Crippen molar-refractivity contribution in [3.8, 4) is 0 Å².